The smallest absolute Gasteiger partial charge is 0.169 e. The summed E-state index contributed by atoms with van der Waals surface area (Å²) in [7, 11) is 1.00. The van der Waals surface area contributed by atoms with Crippen molar-refractivity contribution in [3.8, 4) is 0 Å². The van der Waals surface area contributed by atoms with Crippen molar-refractivity contribution < 1.29 is 24.5 Å². The quantitative estimate of drug-likeness (QED) is 0.329. The van der Waals surface area contributed by atoms with Gasteiger partial charge in [0.2, 0.25) is 0 Å². The molecule has 242 valence electrons. The Labute approximate surface area is 263 Å². The van der Waals surface area contributed by atoms with Crippen LogP contribution >= 0.6 is 0 Å². The third-order valence-corrected chi connectivity index (χ3v) is 14.2. The number of aromatic nitrogens is 1. The zero-order valence-corrected chi connectivity index (χ0v) is 28.5. The van der Waals surface area contributed by atoms with Crippen molar-refractivity contribution in [3.05, 3.63) is 34.5 Å². The largest absolute Gasteiger partial charge is 0.400 e. The SMILES string of the molecule is CC(C)(O)C1CCC2C(CC[C@@]3(C)C2CCC2Cc4c([nH]c5ccc6c(c45)CC4[C@H](C6=O)C(C)(C)OC4(C)C)[C@@]23C)O1.CO. The van der Waals surface area contributed by atoms with E-state index < -0.39 is 11.2 Å². The fourth-order valence-corrected chi connectivity index (χ4v) is 12.1. The Morgan fingerprint density at radius 1 is 0.886 bits per heavy atom. The molecule has 2 saturated heterocycles. The van der Waals surface area contributed by atoms with E-state index in [4.69, 9.17) is 14.6 Å². The van der Waals surface area contributed by atoms with Gasteiger partial charge in [0.05, 0.1) is 34.9 Å². The topological polar surface area (TPSA) is 91.8 Å². The van der Waals surface area contributed by atoms with Gasteiger partial charge in [-0.15, -0.1) is 0 Å². The highest BCUT2D eigenvalue weighted by molar-refractivity contribution is 6.06. The molecular formula is C38H55NO5. The lowest BCUT2D eigenvalue weighted by atomic mass is 9.43. The van der Waals surface area contributed by atoms with Gasteiger partial charge in [-0.05, 0) is 139 Å². The molecule has 6 unspecified atom stereocenters. The number of hydrogen-bond acceptors (Lipinski definition) is 5. The van der Waals surface area contributed by atoms with Crippen LogP contribution in [0.1, 0.15) is 121 Å². The molecule has 2 aliphatic heterocycles. The minimum atomic E-state index is -0.782. The summed E-state index contributed by atoms with van der Waals surface area (Å²) in [6.45, 7) is 17.6. The highest BCUT2D eigenvalue weighted by Gasteiger charge is 2.65. The number of rotatable bonds is 1. The molecule has 0 amide bonds. The van der Waals surface area contributed by atoms with Crippen molar-refractivity contribution in [2.24, 2.45) is 35.0 Å². The number of Topliss-reactive ketones (excluding diaryl/α,β-unsaturated/α-hetero) is 1. The number of ketones is 1. The van der Waals surface area contributed by atoms with Crippen LogP contribution in [0.15, 0.2) is 12.1 Å². The fraction of sp³-hybridized carbons (Fsp3) is 0.763. The van der Waals surface area contributed by atoms with E-state index in [2.05, 4.69) is 58.7 Å². The van der Waals surface area contributed by atoms with Gasteiger partial charge in [-0.25, -0.2) is 0 Å². The number of nitrogens with one attached hydrogen (secondary N) is 1. The van der Waals surface area contributed by atoms with Crippen LogP contribution < -0.4 is 0 Å². The molecule has 1 aromatic carbocycles. The second-order valence-corrected chi connectivity index (χ2v) is 17.3. The summed E-state index contributed by atoms with van der Waals surface area (Å²) in [6.07, 6.45) is 9.13. The third-order valence-electron chi connectivity index (χ3n) is 14.2. The van der Waals surface area contributed by atoms with Crippen LogP contribution in [0, 0.1) is 35.0 Å². The molecule has 3 heterocycles. The number of carbonyl (C=O) groups excluding carboxylic acids is 1. The first kappa shape index (κ1) is 30.9. The maximum Gasteiger partial charge on any atom is 0.169 e. The van der Waals surface area contributed by atoms with Crippen LogP contribution in [-0.4, -0.2) is 57.1 Å². The first-order chi connectivity index (χ1) is 20.6. The monoisotopic (exact) mass is 605 g/mol. The van der Waals surface area contributed by atoms with E-state index in [-0.39, 0.29) is 46.3 Å². The second kappa shape index (κ2) is 9.65. The Morgan fingerprint density at radius 3 is 2.32 bits per heavy atom. The molecule has 6 aliphatic rings. The normalized spacial score (nSPS) is 41.4. The molecule has 2 aromatic rings. The van der Waals surface area contributed by atoms with Gasteiger partial charge < -0.3 is 24.7 Å². The molecule has 4 fully saturated rings. The van der Waals surface area contributed by atoms with Crippen molar-refractivity contribution in [3.63, 3.8) is 0 Å². The summed E-state index contributed by atoms with van der Waals surface area (Å²) in [5.74, 6) is 2.22. The number of hydrogen-bond donors (Lipinski definition) is 3. The van der Waals surface area contributed by atoms with E-state index in [0.29, 0.717) is 17.8 Å². The zero-order chi connectivity index (χ0) is 31.8. The number of benzene rings is 1. The van der Waals surface area contributed by atoms with E-state index in [1.807, 2.05) is 13.8 Å². The van der Waals surface area contributed by atoms with Crippen molar-refractivity contribution in [2.45, 2.75) is 141 Å². The van der Waals surface area contributed by atoms with E-state index in [0.717, 1.165) is 44.8 Å². The standard InChI is InChI=1S/C37H51NO4.CH4O/c1-33(2,40)28-14-11-21-24-12-9-19-17-23-29-22-18-25-30(35(5,6)42-34(25,3)4)31(39)20(22)10-13-26(29)38-32(23)37(19,8)36(24,7)16-15-27(21)41-28;1-2/h10,13,19,21,24-25,27-28,30,38,40H,9,11-12,14-18H2,1-8H3;2H,1H3/t19?,21?,24?,25?,27?,28?,30-,36+,37-;/m1./s1. The predicted molar refractivity (Wildman–Crippen MR) is 173 cm³/mol. The Kier molecular flexibility index (Phi) is 6.78. The van der Waals surface area contributed by atoms with E-state index in [1.54, 1.807) is 0 Å². The number of fused-ring (bicyclic) bond motifs is 12. The first-order valence-corrected chi connectivity index (χ1v) is 17.3. The molecule has 1 aromatic heterocycles. The molecule has 9 atom stereocenters. The predicted octanol–water partition coefficient (Wildman–Crippen LogP) is 6.91. The van der Waals surface area contributed by atoms with Crippen LogP contribution in [0.5, 0.6) is 0 Å². The average molecular weight is 606 g/mol. The number of H-pyrrole nitrogens is 1. The third kappa shape index (κ3) is 3.89. The van der Waals surface area contributed by atoms with Crippen molar-refractivity contribution in [1.82, 2.24) is 4.98 Å². The Bertz CT molecular complexity index is 1500. The van der Waals surface area contributed by atoms with E-state index >= 15 is 0 Å². The summed E-state index contributed by atoms with van der Waals surface area (Å²) in [6, 6.07) is 4.31. The number of carbonyl (C=O) groups is 1. The first-order valence-electron chi connectivity index (χ1n) is 17.3. The lowest BCUT2D eigenvalue weighted by molar-refractivity contribution is -0.210. The van der Waals surface area contributed by atoms with Gasteiger partial charge >= 0.3 is 0 Å². The molecule has 0 bridgehead atoms. The van der Waals surface area contributed by atoms with Crippen LogP contribution in [0.4, 0.5) is 0 Å². The summed E-state index contributed by atoms with van der Waals surface area (Å²) < 4.78 is 13.2. The summed E-state index contributed by atoms with van der Waals surface area (Å²) in [5, 5.41) is 19.1. The number of aliphatic hydroxyl groups excluding tert-OH is 1. The van der Waals surface area contributed by atoms with Gasteiger partial charge in [0.1, 0.15) is 0 Å². The molecule has 0 radical (unpaired) electrons. The van der Waals surface area contributed by atoms with Gasteiger partial charge in [-0.2, -0.15) is 0 Å². The van der Waals surface area contributed by atoms with E-state index in [9.17, 15) is 9.90 Å². The molecule has 3 N–H and O–H groups in total. The molecule has 8 rings (SSSR count). The lowest BCUT2D eigenvalue weighted by Gasteiger charge is -2.63. The maximum absolute atomic E-state index is 14.1. The fourth-order valence-electron chi connectivity index (χ4n) is 12.1. The van der Waals surface area contributed by atoms with Gasteiger partial charge in [-0.3, -0.25) is 4.79 Å². The Morgan fingerprint density at radius 2 is 1.61 bits per heavy atom. The van der Waals surface area contributed by atoms with Gasteiger partial charge in [0.25, 0.3) is 0 Å². The zero-order valence-electron chi connectivity index (χ0n) is 28.5. The van der Waals surface area contributed by atoms with Crippen molar-refractivity contribution in [2.75, 3.05) is 7.11 Å². The molecule has 44 heavy (non-hydrogen) atoms. The summed E-state index contributed by atoms with van der Waals surface area (Å²) in [5.41, 5.74) is 5.11. The highest BCUT2D eigenvalue weighted by Crippen LogP contribution is 2.69. The molecule has 2 saturated carbocycles. The Balaban J connectivity index is 0.00000153. The second-order valence-electron chi connectivity index (χ2n) is 17.3. The molecule has 6 heteroatoms. The number of aliphatic hydroxyl groups is 2. The Hall–Kier alpha value is -1.73. The maximum atomic E-state index is 14.1. The van der Waals surface area contributed by atoms with Crippen molar-refractivity contribution >= 4 is 16.7 Å². The van der Waals surface area contributed by atoms with Crippen molar-refractivity contribution in [1.29, 1.82) is 0 Å². The average Bonchev–Trinajstić information content (AvgIpc) is 3.53. The summed E-state index contributed by atoms with van der Waals surface area (Å²) >= 11 is 0. The molecule has 0 spiro atoms. The molecule has 6 nitrogen and oxygen atoms in total. The summed E-state index contributed by atoms with van der Waals surface area (Å²) in [4.78, 5) is 18.1. The van der Waals surface area contributed by atoms with Crippen LogP contribution in [0.25, 0.3) is 10.9 Å². The lowest BCUT2D eigenvalue weighted by Crippen LogP contribution is -2.61. The number of aromatic amines is 1. The minimum absolute atomic E-state index is 0.0591. The van der Waals surface area contributed by atoms with Crippen LogP contribution in [0.3, 0.4) is 0 Å². The van der Waals surface area contributed by atoms with E-state index in [1.165, 1.54) is 47.0 Å². The van der Waals surface area contributed by atoms with Gasteiger partial charge in [-0.1, -0.05) is 13.8 Å². The molecule has 4 aliphatic carbocycles. The van der Waals surface area contributed by atoms with Crippen LogP contribution in [-0.2, 0) is 27.7 Å². The molecular weight excluding hydrogens is 550 g/mol. The van der Waals surface area contributed by atoms with Gasteiger partial charge in [0, 0.05) is 40.6 Å². The van der Waals surface area contributed by atoms with Crippen LogP contribution in [0.2, 0.25) is 0 Å². The minimum Gasteiger partial charge on any atom is -0.400 e. The number of ether oxygens (including phenoxy) is 2. The van der Waals surface area contributed by atoms with Gasteiger partial charge in [0.15, 0.2) is 5.78 Å². The highest BCUT2D eigenvalue weighted by atomic mass is 16.5.